The van der Waals surface area contributed by atoms with Crippen LogP contribution in [0.3, 0.4) is 0 Å². The minimum Gasteiger partial charge on any atom is -0.493 e. The van der Waals surface area contributed by atoms with Crippen LogP contribution in [-0.2, 0) is 22.6 Å². The summed E-state index contributed by atoms with van der Waals surface area (Å²) in [4.78, 5) is 31.9. The van der Waals surface area contributed by atoms with E-state index in [-0.39, 0.29) is 31.3 Å². The van der Waals surface area contributed by atoms with E-state index in [0.717, 1.165) is 22.6 Å². The van der Waals surface area contributed by atoms with Gasteiger partial charge in [0.15, 0.2) is 17.3 Å². The highest BCUT2D eigenvalue weighted by atomic mass is 16.5. The Morgan fingerprint density at radius 2 is 1.66 bits per heavy atom. The van der Waals surface area contributed by atoms with Crippen molar-refractivity contribution in [1.29, 1.82) is 0 Å². The fourth-order valence-corrected chi connectivity index (χ4v) is 4.80. The summed E-state index contributed by atoms with van der Waals surface area (Å²) in [5.74, 6) is 2.45. The normalized spacial score (nSPS) is 13.1. The van der Waals surface area contributed by atoms with E-state index in [0.29, 0.717) is 43.4 Å². The molecule has 1 fully saturated rings. The zero-order valence-electron chi connectivity index (χ0n) is 23.2. The number of carbonyl (C=O) groups excluding carboxylic acids is 2. The van der Waals surface area contributed by atoms with Gasteiger partial charge in [0.05, 0.1) is 39.1 Å². The second kappa shape index (κ2) is 13.0. The van der Waals surface area contributed by atoms with Crippen LogP contribution in [0.5, 0.6) is 11.5 Å². The van der Waals surface area contributed by atoms with E-state index < -0.39 is 0 Å². The van der Waals surface area contributed by atoms with Crippen molar-refractivity contribution in [3.8, 4) is 22.8 Å². The highest BCUT2D eigenvalue weighted by molar-refractivity contribution is 5.86. The number of methoxy groups -OCH3 is 2. The lowest BCUT2D eigenvalue weighted by molar-refractivity contribution is -0.141. The summed E-state index contributed by atoms with van der Waals surface area (Å²) >= 11 is 0. The zero-order valence-corrected chi connectivity index (χ0v) is 23.2. The third kappa shape index (κ3) is 6.84. The molecule has 212 valence electrons. The maximum Gasteiger partial charge on any atom is 0.242 e. The number of benzene rings is 2. The molecule has 0 saturated carbocycles. The molecule has 4 aromatic rings. The number of hydrogen-bond acceptors (Lipinski definition) is 8. The number of furan rings is 1. The van der Waals surface area contributed by atoms with Crippen molar-refractivity contribution in [2.75, 3.05) is 51.8 Å². The number of ether oxygens (including phenoxy) is 2. The summed E-state index contributed by atoms with van der Waals surface area (Å²) in [5.41, 5.74) is 2.50. The Kier molecular flexibility index (Phi) is 8.78. The molecule has 2 aromatic heterocycles. The van der Waals surface area contributed by atoms with Crippen LogP contribution < -0.4 is 14.4 Å². The Bertz CT molecular complexity index is 1440. The van der Waals surface area contributed by atoms with Crippen molar-refractivity contribution in [1.82, 2.24) is 20.0 Å². The Morgan fingerprint density at radius 1 is 0.878 bits per heavy atom. The minimum absolute atomic E-state index is 0.00774. The molecule has 0 spiro atoms. The lowest BCUT2D eigenvalue weighted by Gasteiger charge is -2.36. The molecule has 0 bridgehead atoms. The van der Waals surface area contributed by atoms with Gasteiger partial charge < -0.3 is 28.6 Å². The summed E-state index contributed by atoms with van der Waals surface area (Å²) in [7, 11) is 3.20. The Labute approximate surface area is 239 Å². The molecule has 0 radical (unpaired) electrons. The summed E-state index contributed by atoms with van der Waals surface area (Å²) < 4.78 is 16.2. The van der Waals surface area contributed by atoms with E-state index in [2.05, 4.69) is 15.1 Å². The third-order valence-corrected chi connectivity index (χ3v) is 7.09. The molecule has 5 rings (SSSR count). The van der Waals surface area contributed by atoms with E-state index in [1.807, 2.05) is 66.7 Å². The van der Waals surface area contributed by atoms with Gasteiger partial charge in [-0.25, -0.2) is 0 Å². The largest absolute Gasteiger partial charge is 0.493 e. The molecular weight excluding hydrogens is 522 g/mol. The molecule has 10 nitrogen and oxygen atoms in total. The van der Waals surface area contributed by atoms with Gasteiger partial charge in [-0.1, -0.05) is 30.3 Å². The van der Waals surface area contributed by atoms with E-state index in [1.165, 1.54) is 0 Å². The van der Waals surface area contributed by atoms with E-state index in [4.69, 9.17) is 13.9 Å². The van der Waals surface area contributed by atoms with Crippen molar-refractivity contribution >= 4 is 17.6 Å². The molecule has 1 aliphatic heterocycles. The number of aromatic nitrogens is 2. The first-order valence-electron chi connectivity index (χ1n) is 13.5. The van der Waals surface area contributed by atoms with Crippen LogP contribution in [0.25, 0.3) is 11.3 Å². The molecule has 0 atom stereocenters. The maximum atomic E-state index is 13.3. The van der Waals surface area contributed by atoms with E-state index in [9.17, 15) is 9.59 Å². The first-order chi connectivity index (χ1) is 20.0. The van der Waals surface area contributed by atoms with Crippen molar-refractivity contribution in [3.63, 3.8) is 0 Å². The smallest absolute Gasteiger partial charge is 0.242 e. The number of amides is 2. The van der Waals surface area contributed by atoms with Crippen LogP contribution in [0, 0.1) is 0 Å². The first-order valence-corrected chi connectivity index (χ1v) is 13.5. The lowest BCUT2D eigenvalue weighted by Crippen LogP contribution is -2.52. The molecule has 1 aliphatic rings. The van der Waals surface area contributed by atoms with Gasteiger partial charge in [0.25, 0.3) is 0 Å². The average Bonchev–Trinajstić information content (AvgIpc) is 3.54. The molecule has 0 N–H and O–H groups in total. The minimum atomic E-state index is -0.121. The Hall–Kier alpha value is -4.86. The highest BCUT2D eigenvalue weighted by Gasteiger charge is 2.26. The summed E-state index contributed by atoms with van der Waals surface area (Å²) in [6.45, 7) is 2.52. The Balaban J connectivity index is 1.18. The fourth-order valence-electron chi connectivity index (χ4n) is 4.80. The van der Waals surface area contributed by atoms with Gasteiger partial charge >= 0.3 is 0 Å². The SMILES string of the molecule is COc1ccc(-c2ccc(N3CCN(C(=O)CN(Cc4ccco4)C(=O)Cc4ccccc4)CC3)nn2)cc1OC. The van der Waals surface area contributed by atoms with Gasteiger partial charge in [0.2, 0.25) is 11.8 Å². The summed E-state index contributed by atoms with van der Waals surface area (Å²) in [6, 6.07) is 22.6. The van der Waals surface area contributed by atoms with Crippen molar-refractivity contribution in [2.24, 2.45) is 0 Å². The predicted molar refractivity (Wildman–Crippen MR) is 154 cm³/mol. The molecular formula is C31H33N5O5. The lowest BCUT2D eigenvalue weighted by atomic mass is 10.1. The number of rotatable bonds is 10. The topological polar surface area (TPSA) is 101 Å². The summed E-state index contributed by atoms with van der Waals surface area (Å²) in [6.07, 6.45) is 1.79. The van der Waals surface area contributed by atoms with Gasteiger partial charge in [-0.3, -0.25) is 9.59 Å². The molecule has 2 aromatic carbocycles. The Morgan fingerprint density at radius 3 is 2.32 bits per heavy atom. The van der Waals surface area contributed by atoms with Crippen LogP contribution in [0.4, 0.5) is 5.82 Å². The van der Waals surface area contributed by atoms with Crippen molar-refractivity contribution in [2.45, 2.75) is 13.0 Å². The average molecular weight is 556 g/mol. The van der Waals surface area contributed by atoms with Crippen molar-refractivity contribution in [3.05, 3.63) is 90.4 Å². The quantitative estimate of drug-likeness (QED) is 0.292. The fraction of sp³-hybridized carbons (Fsp3) is 0.290. The van der Waals surface area contributed by atoms with Crippen LogP contribution >= 0.6 is 0 Å². The van der Waals surface area contributed by atoms with Crippen LogP contribution in [0.15, 0.2) is 83.5 Å². The molecule has 0 aliphatic carbocycles. The van der Waals surface area contributed by atoms with Crippen molar-refractivity contribution < 1.29 is 23.5 Å². The molecule has 1 saturated heterocycles. The second-order valence-electron chi connectivity index (χ2n) is 9.71. The van der Waals surface area contributed by atoms with Gasteiger partial charge in [-0.15, -0.1) is 10.2 Å². The van der Waals surface area contributed by atoms with Gasteiger partial charge in [-0.2, -0.15) is 0 Å². The first kappa shape index (κ1) is 27.7. The monoisotopic (exact) mass is 555 g/mol. The van der Waals surface area contributed by atoms with E-state index in [1.54, 1.807) is 36.3 Å². The van der Waals surface area contributed by atoms with E-state index >= 15 is 0 Å². The molecule has 0 unspecified atom stereocenters. The zero-order chi connectivity index (χ0) is 28.6. The van der Waals surface area contributed by atoms with Crippen LogP contribution in [0.2, 0.25) is 0 Å². The predicted octanol–water partition coefficient (Wildman–Crippen LogP) is 3.67. The number of hydrogen-bond donors (Lipinski definition) is 0. The third-order valence-electron chi connectivity index (χ3n) is 7.09. The molecule has 2 amide bonds. The molecule has 10 heteroatoms. The number of anilines is 1. The second-order valence-corrected chi connectivity index (χ2v) is 9.71. The summed E-state index contributed by atoms with van der Waals surface area (Å²) in [5, 5.41) is 8.85. The molecule has 3 heterocycles. The standard InChI is InChI=1S/C31H33N5O5/c1-39-27-12-10-24(20-28(27)40-2)26-11-13-29(33-32-26)34-14-16-35(17-15-34)31(38)22-36(21-25-9-6-18-41-25)30(37)19-23-7-4-3-5-8-23/h3-13,18,20H,14-17,19,21-22H2,1-2H3. The van der Waals surface area contributed by atoms with Crippen LogP contribution in [-0.4, -0.2) is 78.8 Å². The highest BCUT2D eigenvalue weighted by Crippen LogP contribution is 2.31. The van der Waals surface area contributed by atoms with Gasteiger partial charge in [0, 0.05) is 31.7 Å². The van der Waals surface area contributed by atoms with Crippen LogP contribution in [0.1, 0.15) is 11.3 Å². The number of carbonyl (C=O) groups is 2. The maximum absolute atomic E-state index is 13.3. The molecule has 41 heavy (non-hydrogen) atoms. The number of nitrogens with zero attached hydrogens (tertiary/aromatic N) is 5. The van der Waals surface area contributed by atoms with Gasteiger partial charge in [-0.05, 0) is 48.0 Å². The number of piperazine rings is 1. The van der Waals surface area contributed by atoms with Gasteiger partial charge in [0.1, 0.15) is 12.3 Å².